The Kier molecular flexibility index (Phi) is 27.3. The van der Waals surface area contributed by atoms with Gasteiger partial charge < -0.3 is 14.7 Å². The molecule has 2 aromatic carbocycles. The second-order valence-corrected chi connectivity index (χ2v) is 15.9. The Bertz CT molecular complexity index is 1010. The monoisotopic (exact) mass is 716 g/mol. The maximum absolute atomic E-state index is 11.1. The van der Waals surface area contributed by atoms with Crippen molar-refractivity contribution in [2.45, 2.75) is 166 Å². The zero-order valence-electron chi connectivity index (χ0n) is 31.6. The SMILES string of the molecule is CCCCCCC[N+](CCCCCCC)(CCCCCCC)CCCCCCC.O=C(O)c1ccccc1SSc1ccccc1C(=O)O. The summed E-state index contributed by atoms with van der Waals surface area (Å²) in [6.07, 6.45) is 28.8. The number of rotatable bonds is 29. The van der Waals surface area contributed by atoms with Gasteiger partial charge in [0.05, 0.1) is 37.3 Å². The Hall–Kier alpha value is -1.96. The van der Waals surface area contributed by atoms with Crippen LogP contribution in [0, 0.1) is 0 Å². The maximum atomic E-state index is 11.1. The van der Waals surface area contributed by atoms with Gasteiger partial charge in [0.1, 0.15) is 0 Å². The molecule has 2 aromatic rings. The summed E-state index contributed by atoms with van der Waals surface area (Å²) < 4.78 is 1.47. The van der Waals surface area contributed by atoms with Crippen LogP contribution < -0.4 is 0 Å². The Morgan fingerprint density at radius 2 is 0.714 bits per heavy atom. The highest BCUT2D eigenvalue weighted by Gasteiger charge is 2.25. The van der Waals surface area contributed by atoms with Crippen molar-refractivity contribution in [2.75, 3.05) is 26.2 Å². The van der Waals surface area contributed by atoms with Crippen LogP contribution in [0.1, 0.15) is 177 Å². The first-order chi connectivity index (χ1) is 23.8. The number of nitrogens with zero attached hydrogens (tertiary/aromatic N) is 1. The van der Waals surface area contributed by atoms with Crippen LogP contribution in [0.3, 0.4) is 0 Å². The first kappa shape index (κ1) is 45.1. The van der Waals surface area contributed by atoms with E-state index in [0.29, 0.717) is 9.79 Å². The molecule has 0 radical (unpaired) electrons. The van der Waals surface area contributed by atoms with E-state index < -0.39 is 11.9 Å². The Labute approximate surface area is 308 Å². The lowest BCUT2D eigenvalue weighted by Gasteiger charge is -2.39. The molecule has 0 aliphatic carbocycles. The summed E-state index contributed by atoms with van der Waals surface area (Å²) in [5, 5.41) is 18.2. The highest BCUT2D eigenvalue weighted by Crippen LogP contribution is 2.40. The molecular formula is C42H70NO4S2+. The largest absolute Gasteiger partial charge is 0.478 e. The van der Waals surface area contributed by atoms with Gasteiger partial charge in [-0.05, 0) is 75.6 Å². The van der Waals surface area contributed by atoms with E-state index in [1.807, 2.05) is 0 Å². The van der Waals surface area contributed by atoms with Crippen molar-refractivity contribution in [3.63, 3.8) is 0 Å². The van der Waals surface area contributed by atoms with E-state index in [-0.39, 0.29) is 11.1 Å². The van der Waals surface area contributed by atoms with Gasteiger partial charge in [-0.15, -0.1) is 0 Å². The van der Waals surface area contributed by atoms with Crippen LogP contribution >= 0.6 is 21.6 Å². The predicted molar refractivity (Wildman–Crippen MR) is 213 cm³/mol. The van der Waals surface area contributed by atoms with Gasteiger partial charge in [-0.3, -0.25) is 0 Å². The molecular weight excluding hydrogens is 647 g/mol. The molecule has 7 heteroatoms. The molecule has 0 aromatic heterocycles. The second-order valence-electron chi connectivity index (χ2n) is 13.7. The lowest BCUT2D eigenvalue weighted by Crippen LogP contribution is -2.50. The van der Waals surface area contributed by atoms with Gasteiger partial charge in [0.15, 0.2) is 0 Å². The molecule has 0 aliphatic heterocycles. The molecule has 0 heterocycles. The third kappa shape index (κ3) is 21.1. The molecule has 0 unspecified atom stereocenters. The summed E-state index contributed by atoms with van der Waals surface area (Å²) in [7, 11) is 2.47. The number of carbonyl (C=O) groups is 2. The van der Waals surface area contributed by atoms with Crippen LogP contribution in [0.5, 0.6) is 0 Å². The number of hydrogen-bond acceptors (Lipinski definition) is 4. The molecule has 49 heavy (non-hydrogen) atoms. The van der Waals surface area contributed by atoms with Crippen LogP contribution in [-0.2, 0) is 0 Å². The minimum atomic E-state index is -1.000. The van der Waals surface area contributed by atoms with E-state index in [1.165, 1.54) is 193 Å². The van der Waals surface area contributed by atoms with Gasteiger partial charge in [0, 0.05) is 9.79 Å². The Balaban J connectivity index is 0.000000520. The predicted octanol–water partition coefficient (Wildman–Crippen LogP) is 13.6. The molecule has 5 nitrogen and oxygen atoms in total. The molecule has 0 saturated carbocycles. The van der Waals surface area contributed by atoms with Crippen molar-refractivity contribution < 1.29 is 24.3 Å². The molecule has 0 spiro atoms. The van der Waals surface area contributed by atoms with Crippen molar-refractivity contribution in [3.05, 3.63) is 59.7 Å². The standard InChI is InChI=1S/C28H60N.C14H10O4S2/c1-5-9-13-17-21-25-29(26-22-18-14-10-6-2,27-23-19-15-11-7-3)28-24-20-16-12-8-4;15-13(16)9-5-1-3-7-11(9)19-20-12-8-4-2-6-10(12)14(17)18/h5-28H2,1-4H3;1-8H,(H,15,16)(H,17,18)/q+1;. The fourth-order valence-electron chi connectivity index (χ4n) is 6.40. The van der Waals surface area contributed by atoms with Gasteiger partial charge in [0.25, 0.3) is 0 Å². The van der Waals surface area contributed by atoms with Crippen molar-refractivity contribution in [2.24, 2.45) is 0 Å². The molecule has 0 atom stereocenters. The van der Waals surface area contributed by atoms with E-state index in [9.17, 15) is 9.59 Å². The average Bonchev–Trinajstić information content (AvgIpc) is 3.10. The van der Waals surface area contributed by atoms with E-state index in [4.69, 9.17) is 10.2 Å². The molecule has 2 N–H and O–H groups in total. The molecule has 2 rings (SSSR count). The fraction of sp³-hybridized carbons (Fsp3) is 0.667. The Morgan fingerprint density at radius 1 is 0.449 bits per heavy atom. The minimum absolute atomic E-state index is 0.206. The first-order valence-corrected chi connectivity index (χ1v) is 21.8. The summed E-state index contributed by atoms with van der Waals surface area (Å²) in [5.74, 6) is -2.00. The number of benzene rings is 2. The normalized spacial score (nSPS) is 11.3. The highest BCUT2D eigenvalue weighted by molar-refractivity contribution is 8.76. The summed E-state index contributed by atoms with van der Waals surface area (Å²) in [6.45, 7) is 15.2. The van der Waals surface area contributed by atoms with Crippen molar-refractivity contribution >= 4 is 33.5 Å². The molecule has 0 amide bonds. The molecule has 0 bridgehead atoms. The van der Waals surface area contributed by atoms with Gasteiger partial charge in [0.2, 0.25) is 0 Å². The number of unbranched alkanes of at least 4 members (excludes halogenated alkanes) is 16. The van der Waals surface area contributed by atoms with Crippen LogP contribution in [0.25, 0.3) is 0 Å². The van der Waals surface area contributed by atoms with E-state index in [2.05, 4.69) is 27.7 Å². The maximum Gasteiger partial charge on any atom is 0.336 e. The fourth-order valence-corrected chi connectivity index (χ4v) is 8.74. The van der Waals surface area contributed by atoms with Gasteiger partial charge in [-0.1, -0.05) is 151 Å². The van der Waals surface area contributed by atoms with Crippen molar-refractivity contribution in [3.8, 4) is 0 Å². The average molecular weight is 717 g/mol. The third-order valence-electron chi connectivity index (χ3n) is 9.40. The molecule has 0 aliphatic rings. The topological polar surface area (TPSA) is 74.6 Å². The summed E-state index contributed by atoms with van der Waals surface area (Å²) in [4.78, 5) is 23.4. The summed E-state index contributed by atoms with van der Waals surface area (Å²) in [5.41, 5.74) is 0.413. The summed E-state index contributed by atoms with van der Waals surface area (Å²) >= 11 is 0. The van der Waals surface area contributed by atoms with Crippen LogP contribution in [0.2, 0.25) is 0 Å². The van der Waals surface area contributed by atoms with Gasteiger partial charge >= 0.3 is 11.9 Å². The zero-order valence-corrected chi connectivity index (χ0v) is 33.2. The molecule has 0 saturated heterocycles. The minimum Gasteiger partial charge on any atom is -0.478 e. The number of aromatic carboxylic acids is 2. The molecule has 0 fully saturated rings. The highest BCUT2D eigenvalue weighted by atomic mass is 33.1. The number of hydrogen-bond donors (Lipinski definition) is 2. The Morgan fingerprint density at radius 3 is 0.980 bits per heavy atom. The number of carboxylic acids is 2. The van der Waals surface area contributed by atoms with E-state index >= 15 is 0 Å². The molecule has 278 valence electrons. The van der Waals surface area contributed by atoms with Gasteiger partial charge in [-0.25, -0.2) is 9.59 Å². The van der Waals surface area contributed by atoms with Crippen molar-refractivity contribution in [1.82, 2.24) is 0 Å². The lowest BCUT2D eigenvalue weighted by molar-refractivity contribution is -0.929. The van der Waals surface area contributed by atoms with Gasteiger partial charge in [-0.2, -0.15) is 0 Å². The third-order valence-corrected chi connectivity index (χ3v) is 11.9. The van der Waals surface area contributed by atoms with Crippen LogP contribution in [-0.4, -0.2) is 52.8 Å². The van der Waals surface area contributed by atoms with E-state index in [1.54, 1.807) is 36.4 Å². The summed E-state index contributed by atoms with van der Waals surface area (Å²) in [6, 6.07) is 13.3. The number of carboxylic acid groups (broad SMARTS) is 2. The van der Waals surface area contributed by atoms with Crippen molar-refractivity contribution in [1.29, 1.82) is 0 Å². The van der Waals surface area contributed by atoms with E-state index in [0.717, 1.165) is 0 Å². The smallest absolute Gasteiger partial charge is 0.336 e. The lowest BCUT2D eigenvalue weighted by atomic mass is 10.1. The number of quaternary nitrogens is 1. The van der Waals surface area contributed by atoms with Crippen LogP contribution in [0.4, 0.5) is 0 Å². The quantitative estimate of drug-likeness (QED) is 0.0496. The first-order valence-electron chi connectivity index (χ1n) is 19.7. The zero-order chi connectivity index (χ0) is 36.0. The second kappa shape index (κ2) is 29.7. The van der Waals surface area contributed by atoms with Crippen LogP contribution in [0.15, 0.2) is 58.3 Å².